The van der Waals surface area contributed by atoms with Crippen molar-refractivity contribution in [1.82, 2.24) is 24.8 Å². The van der Waals surface area contributed by atoms with Gasteiger partial charge in [-0.25, -0.2) is 19.9 Å². The van der Waals surface area contributed by atoms with Crippen LogP contribution in [0.25, 0.3) is 22.6 Å². The van der Waals surface area contributed by atoms with Crippen molar-refractivity contribution in [2.75, 3.05) is 38.1 Å². The van der Waals surface area contributed by atoms with Gasteiger partial charge < -0.3 is 9.80 Å². The molecule has 2 heterocycles. The van der Waals surface area contributed by atoms with E-state index in [2.05, 4.69) is 45.6 Å². The quantitative estimate of drug-likeness (QED) is 0.621. The summed E-state index contributed by atoms with van der Waals surface area (Å²) in [5.74, 6) is 1.52. The normalized spacial score (nSPS) is 11.2. The van der Waals surface area contributed by atoms with Crippen LogP contribution in [0.3, 0.4) is 0 Å². The van der Waals surface area contributed by atoms with Crippen LogP contribution in [0, 0.1) is 0 Å². The van der Waals surface area contributed by atoms with Gasteiger partial charge in [-0.15, -0.1) is 0 Å². The van der Waals surface area contributed by atoms with Gasteiger partial charge in [-0.1, -0.05) is 44.2 Å². The topological polar surface area (TPSA) is 58.0 Å². The molecule has 1 aromatic carbocycles. The zero-order chi connectivity index (χ0) is 18.4. The van der Waals surface area contributed by atoms with Gasteiger partial charge in [-0.05, 0) is 26.1 Å². The SMILES string of the molecule is CCN(CC)CCCN(C)c1nc(-c2ccccc2)nc2nccnc12. The van der Waals surface area contributed by atoms with E-state index in [9.17, 15) is 0 Å². The van der Waals surface area contributed by atoms with Crippen LogP contribution >= 0.6 is 0 Å². The van der Waals surface area contributed by atoms with Gasteiger partial charge in [0.1, 0.15) is 0 Å². The predicted octanol–water partition coefficient (Wildman–Crippen LogP) is 3.25. The molecule has 3 aromatic rings. The number of benzene rings is 1. The fraction of sp³-hybridized carbons (Fsp3) is 0.400. The summed E-state index contributed by atoms with van der Waals surface area (Å²) < 4.78 is 0. The summed E-state index contributed by atoms with van der Waals surface area (Å²) in [6, 6.07) is 10.0. The van der Waals surface area contributed by atoms with Crippen LogP contribution in [0.15, 0.2) is 42.7 Å². The van der Waals surface area contributed by atoms with Crippen LogP contribution in [-0.2, 0) is 0 Å². The van der Waals surface area contributed by atoms with Crippen LogP contribution in [-0.4, -0.2) is 58.1 Å². The van der Waals surface area contributed by atoms with Gasteiger partial charge >= 0.3 is 0 Å². The van der Waals surface area contributed by atoms with Crippen molar-refractivity contribution >= 4 is 17.0 Å². The average molecular weight is 350 g/mol. The number of hydrogen-bond donors (Lipinski definition) is 0. The molecule has 6 nitrogen and oxygen atoms in total. The van der Waals surface area contributed by atoms with Crippen molar-refractivity contribution in [2.24, 2.45) is 0 Å². The number of fused-ring (bicyclic) bond motifs is 1. The first-order chi connectivity index (χ1) is 12.7. The Hall–Kier alpha value is -2.60. The highest BCUT2D eigenvalue weighted by Crippen LogP contribution is 2.24. The maximum absolute atomic E-state index is 4.81. The molecule has 0 aliphatic rings. The summed E-state index contributed by atoms with van der Waals surface area (Å²) in [5.41, 5.74) is 2.36. The van der Waals surface area contributed by atoms with Crippen molar-refractivity contribution in [2.45, 2.75) is 20.3 Å². The molecule has 0 aliphatic carbocycles. The lowest BCUT2D eigenvalue weighted by molar-refractivity contribution is 0.301. The number of aromatic nitrogens is 4. The maximum atomic E-state index is 4.81. The van der Waals surface area contributed by atoms with Crippen LogP contribution in [0.1, 0.15) is 20.3 Å². The Bertz CT molecular complexity index is 832. The number of hydrogen-bond acceptors (Lipinski definition) is 6. The number of nitrogens with zero attached hydrogens (tertiary/aromatic N) is 6. The average Bonchev–Trinajstić information content (AvgIpc) is 2.71. The molecule has 0 unspecified atom stereocenters. The van der Waals surface area contributed by atoms with Gasteiger partial charge in [0.2, 0.25) is 0 Å². The third-order valence-corrected chi connectivity index (χ3v) is 4.57. The van der Waals surface area contributed by atoms with Gasteiger partial charge in [-0.3, -0.25) is 0 Å². The maximum Gasteiger partial charge on any atom is 0.184 e. The van der Waals surface area contributed by atoms with Gasteiger partial charge in [0.15, 0.2) is 22.8 Å². The highest BCUT2D eigenvalue weighted by atomic mass is 15.2. The Labute approximate surface area is 154 Å². The van der Waals surface area contributed by atoms with Gasteiger partial charge in [-0.2, -0.15) is 0 Å². The van der Waals surface area contributed by atoms with E-state index in [1.54, 1.807) is 12.4 Å². The molecule has 0 bridgehead atoms. The molecule has 0 aliphatic heterocycles. The number of rotatable bonds is 8. The standard InChI is InChI=1S/C20H26N6/c1-4-26(5-2)15-9-14-25(3)20-17-19(22-13-12-21-17)23-18(24-20)16-10-7-6-8-11-16/h6-8,10-13H,4-5,9,14-15H2,1-3H3. The first-order valence-electron chi connectivity index (χ1n) is 9.20. The molecule has 0 saturated carbocycles. The smallest absolute Gasteiger partial charge is 0.184 e. The lowest BCUT2D eigenvalue weighted by atomic mass is 10.2. The molecule has 136 valence electrons. The van der Waals surface area contributed by atoms with E-state index in [1.807, 2.05) is 30.3 Å². The largest absolute Gasteiger partial charge is 0.358 e. The molecule has 0 saturated heterocycles. The molecular weight excluding hydrogens is 324 g/mol. The number of anilines is 1. The van der Waals surface area contributed by atoms with Crippen molar-refractivity contribution in [3.8, 4) is 11.4 Å². The summed E-state index contributed by atoms with van der Waals surface area (Å²) in [5, 5.41) is 0. The van der Waals surface area contributed by atoms with Gasteiger partial charge in [0.05, 0.1) is 0 Å². The second kappa shape index (κ2) is 8.67. The summed E-state index contributed by atoms with van der Waals surface area (Å²) in [6.07, 6.45) is 4.44. The monoisotopic (exact) mass is 350 g/mol. The Morgan fingerprint density at radius 2 is 1.62 bits per heavy atom. The summed E-state index contributed by atoms with van der Waals surface area (Å²) in [4.78, 5) is 22.9. The minimum Gasteiger partial charge on any atom is -0.358 e. The Morgan fingerprint density at radius 1 is 0.885 bits per heavy atom. The fourth-order valence-electron chi connectivity index (χ4n) is 3.01. The lowest BCUT2D eigenvalue weighted by Crippen LogP contribution is -2.28. The van der Waals surface area contributed by atoms with Crippen LogP contribution in [0.2, 0.25) is 0 Å². The van der Waals surface area contributed by atoms with Crippen molar-refractivity contribution in [3.05, 3.63) is 42.7 Å². The zero-order valence-electron chi connectivity index (χ0n) is 15.8. The van der Waals surface area contributed by atoms with Crippen LogP contribution in [0.4, 0.5) is 5.82 Å². The molecule has 0 atom stereocenters. The third kappa shape index (κ3) is 4.14. The highest BCUT2D eigenvalue weighted by Gasteiger charge is 2.14. The van der Waals surface area contributed by atoms with Gasteiger partial charge in [0, 0.05) is 31.5 Å². The molecule has 26 heavy (non-hydrogen) atoms. The van der Waals surface area contributed by atoms with E-state index < -0.39 is 0 Å². The minimum absolute atomic E-state index is 0.631. The van der Waals surface area contributed by atoms with Crippen LogP contribution in [0.5, 0.6) is 0 Å². The first kappa shape index (κ1) is 18.2. The molecule has 3 rings (SSSR count). The Morgan fingerprint density at radius 3 is 2.35 bits per heavy atom. The molecule has 6 heteroatoms. The molecular formula is C20H26N6. The van der Waals surface area contributed by atoms with Crippen molar-refractivity contribution < 1.29 is 0 Å². The molecule has 0 radical (unpaired) electrons. The van der Waals surface area contributed by atoms with Crippen LogP contribution < -0.4 is 4.90 Å². The Balaban J connectivity index is 1.88. The molecule has 0 spiro atoms. The van der Waals surface area contributed by atoms with Gasteiger partial charge in [0.25, 0.3) is 0 Å². The predicted molar refractivity (Wildman–Crippen MR) is 106 cm³/mol. The minimum atomic E-state index is 0.631. The fourth-order valence-corrected chi connectivity index (χ4v) is 3.01. The van der Waals surface area contributed by atoms with Crippen molar-refractivity contribution in [1.29, 1.82) is 0 Å². The molecule has 2 aromatic heterocycles. The zero-order valence-corrected chi connectivity index (χ0v) is 15.8. The molecule has 0 fully saturated rings. The van der Waals surface area contributed by atoms with E-state index >= 15 is 0 Å². The van der Waals surface area contributed by atoms with E-state index in [1.165, 1.54) is 0 Å². The van der Waals surface area contributed by atoms with E-state index in [4.69, 9.17) is 4.98 Å². The second-order valence-electron chi connectivity index (χ2n) is 6.27. The van der Waals surface area contributed by atoms with Crippen molar-refractivity contribution in [3.63, 3.8) is 0 Å². The summed E-state index contributed by atoms with van der Waals surface area (Å²) >= 11 is 0. The molecule has 0 amide bonds. The molecule has 0 N–H and O–H groups in total. The first-order valence-corrected chi connectivity index (χ1v) is 9.20. The Kier molecular flexibility index (Phi) is 6.07. The second-order valence-corrected chi connectivity index (χ2v) is 6.27. The van der Waals surface area contributed by atoms with E-state index in [0.717, 1.165) is 49.5 Å². The highest BCUT2D eigenvalue weighted by molar-refractivity contribution is 5.84. The van der Waals surface area contributed by atoms with E-state index in [-0.39, 0.29) is 0 Å². The van der Waals surface area contributed by atoms with E-state index in [0.29, 0.717) is 11.5 Å². The summed E-state index contributed by atoms with van der Waals surface area (Å²) in [7, 11) is 2.06. The lowest BCUT2D eigenvalue weighted by Gasteiger charge is -2.22. The summed E-state index contributed by atoms with van der Waals surface area (Å²) in [6.45, 7) is 8.56. The third-order valence-electron chi connectivity index (χ3n) is 4.57.